The van der Waals surface area contributed by atoms with Gasteiger partial charge in [0, 0.05) is 18.3 Å². The van der Waals surface area contributed by atoms with Gasteiger partial charge in [-0.05, 0) is 37.2 Å². The van der Waals surface area contributed by atoms with Gasteiger partial charge in [0.2, 0.25) is 0 Å². The van der Waals surface area contributed by atoms with Gasteiger partial charge in [0.15, 0.2) is 17.3 Å². The van der Waals surface area contributed by atoms with Crippen molar-refractivity contribution in [3.8, 4) is 17.4 Å². The van der Waals surface area contributed by atoms with Crippen molar-refractivity contribution in [3.63, 3.8) is 0 Å². The van der Waals surface area contributed by atoms with Crippen molar-refractivity contribution in [2.24, 2.45) is 0 Å². The number of aromatic nitrogens is 1. The fraction of sp³-hybridized carbons (Fsp3) is 0.312. The highest BCUT2D eigenvalue weighted by molar-refractivity contribution is 5.44. The van der Waals surface area contributed by atoms with Crippen molar-refractivity contribution >= 4 is 0 Å². The van der Waals surface area contributed by atoms with E-state index in [-0.39, 0.29) is 5.88 Å². The van der Waals surface area contributed by atoms with E-state index in [1.807, 2.05) is 26.0 Å². The minimum absolute atomic E-state index is 0.0486. The molecule has 0 saturated carbocycles. The Morgan fingerprint density at radius 2 is 2.05 bits per heavy atom. The SMILES string of the molecule is CCNCc1ccnc(Oc2ccc(C)cc2OC)c1F. The quantitative estimate of drug-likeness (QED) is 0.885. The average molecular weight is 290 g/mol. The molecular formula is C16H19FN2O2. The third-order valence-electron chi connectivity index (χ3n) is 3.03. The van der Waals surface area contributed by atoms with Crippen LogP contribution in [0, 0.1) is 12.7 Å². The summed E-state index contributed by atoms with van der Waals surface area (Å²) in [5.41, 5.74) is 1.56. The predicted octanol–water partition coefficient (Wildman–Crippen LogP) is 3.44. The number of nitrogens with zero attached hydrogens (tertiary/aromatic N) is 1. The van der Waals surface area contributed by atoms with Crippen LogP contribution < -0.4 is 14.8 Å². The summed E-state index contributed by atoms with van der Waals surface area (Å²) in [6.45, 7) is 5.12. The van der Waals surface area contributed by atoms with Crippen LogP contribution in [0.3, 0.4) is 0 Å². The van der Waals surface area contributed by atoms with Crippen molar-refractivity contribution < 1.29 is 13.9 Å². The molecule has 0 radical (unpaired) electrons. The summed E-state index contributed by atoms with van der Waals surface area (Å²) in [6, 6.07) is 7.08. The van der Waals surface area contributed by atoms with Crippen LogP contribution in [0.15, 0.2) is 30.5 Å². The molecule has 0 fully saturated rings. The Bertz CT molecular complexity index is 617. The molecule has 2 rings (SSSR count). The Labute approximate surface area is 123 Å². The summed E-state index contributed by atoms with van der Waals surface area (Å²) in [5.74, 6) is 0.483. The normalized spacial score (nSPS) is 10.5. The van der Waals surface area contributed by atoms with Crippen molar-refractivity contribution in [2.45, 2.75) is 20.4 Å². The molecule has 21 heavy (non-hydrogen) atoms. The third kappa shape index (κ3) is 3.70. The number of methoxy groups -OCH3 is 1. The molecule has 1 heterocycles. The maximum atomic E-state index is 14.3. The molecule has 0 amide bonds. The second-order valence-electron chi connectivity index (χ2n) is 4.63. The molecule has 1 aromatic heterocycles. The Kier molecular flexibility index (Phi) is 5.11. The monoisotopic (exact) mass is 290 g/mol. The van der Waals surface area contributed by atoms with Crippen LogP contribution in [0.5, 0.6) is 17.4 Å². The third-order valence-corrected chi connectivity index (χ3v) is 3.03. The lowest BCUT2D eigenvalue weighted by molar-refractivity contribution is 0.362. The summed E-state index contributed by atoms with van der Waals surface area (Å²) in [5, 5.41) is 3.08. The largest absolute Gasteiger partial charge is 0.493 e. The summed E-state index contributed by atoms with van der Waals surface area (Å²) < 4.78 is 25.1. The van der Waals surface area contributed by atoms with Gasteiger partial charge in [0.05, 0.1) is 7.11 Å². The number of hydrogen-bond acceptors (Lipinski definition) is 4. The van der Waals surface area contributed by atoms with E-state index in [0.717, 1.165) is 12.1 Å². The van der Waals surface area contributed by atoms with Crippen molar-refractivity contribution in [2.75, 3.05) is 13.7 Å². The maximum absolute atomic E-state index is 14.3. The van der Waals surface area contributed by atoms with E-state index in [2.05, 4.69) is 10.3 Å². The number of halogens is 1. The molecule has 0 aliphatic heterocycles. The van der Waals surface area contributed by atoms with Crippen molar-refractivity contribution in [1.29, 1.82) is 0 Å². The number of pyridine rings is 1. The van der Waals surface area contributed by atoms with Gasteiger partial charge >= 0.3 is 0 Å². The molecule has 0 atom stereocenters. The Morgan fingerprint density at radius 3 is 2.76 bits per heavy atom. The minimum Gasteiger partial charge on any atom is -0.493 e. The van der Waals surface area contributed by atoms with Gasteiger partial charge in [-0.15, -0.1) is 0 Å². The van der Waals surface area contributed by atoms with Crippen LogP contribution in [-0.2, 0) is 6.54 Å². The molecule has 5 heteroatoms. The van der Waals surface area contributed by atoms with E-state index >= 15 is 0 Å². The number of benzene rings is 1. The summed E-state index contributed by atoms with van der Waals surface area (Å²) in [7, 11) is 1.55. The second-order valence-corrected chi connectivity index (χ2v) is 4.63. The van der Waals surface area contributed by atoms with Gasteiger partial charge in [0.25, 0.3) is 5.88 Å². The van der Waals surface area contributed by atoms with E-state index in [1.165, 1.54) is 6.20 Å². The van der Waals surface area contributed by atoms with Gasteiger partial charge in [-0.3, -0.25) is 0 Å². The number of ether oxygens (including phenoxy) is 2. The first-order valence-corrected chi connectivity index (χ1v) is 6.82. The van der Waals surface area contributed by atoms with Crippen LogP contribution in [0.25, 0.3) is 0 Å². The molecule has 0 unspecified atom stereocenters. The summed E-state index contributed by atoms with van der Waals surface area (Å²) in [4.78, 5) is 3.96. The summed E-state index contributed by atoms with van der Waals surface area (Å²) in [6.07, 6.45) is 1.53. The van der Waals surface area contributed by atoms with Crippen LogP contribution in [0.1, 0.15) is 18.1 Å². The zero-order chi connectivity index (χ0) is 15.2. The van der Waals surface area contributed by atoms with Crippen LogP contribution in [-0.4, -0.2) is 18.6 Å². The fourth-order valence-electron chi connectivity index (χ4n) is 1.89. The summed E-state index contributed by atoms with van der Waals surface area (Å²) >= 11 is 0. The van der Waals surface area contributed by atoms with Gasteiger partial charge in [0.1, 0.15) is 0 Å². The lowest BCUT2D eigenvalue weighted by Crippen LogP contribution is -2.13. The number of rotatable bonds is 6. The molecule has 112 valence electrons. The molecule has 4 nitrogen and oxygen atoms in total. The second kappa shape index (κ2) is 7.04. The van der Waals surface area contributed by atoms with Crippen molar-refractivity contribution in [1.82, 2.24) is 10.3 Å². The molecule has 0 aliphatic rings. The fourth-order valence-corrected chi connectivity index (χ4v) is 1.89. The number of hydrogen-bond donors (Lipinski definition) is 1. The molecular weight excluding hydrogens is 271 g/mol. The highest BCUT2D eigenvalue weighted by Gasteiger charge is 2.13. The van der Waals surface area contributed by atoms with E-state index in [0.29, 0.717) is 23.6 Å². The Morgan fingerprint density at radius 1 is 1.24 bits per heavy atom. The van der Waals surface area contributed by atoms with E-state index in [4.69, 9.17) is 9.47 Å². The first kappa shape index (κ1) is 15.3. The molecule has 1 N–H and O–H groups in total. The number of nitrogens with one attached hydrogen (secondary N) is 1. The minimum atomic E-state index is -0.457. The van der Waals surface area contributed by atoms with Crippen molar-refractivity contribution in [3.05, 3.63) is 47.4 Å². The highest BCUT2D eigenvalue weighted by atomic mass is 19.1. The zero-order valence-corrected chi connectivity index (χ0v) is 12.4. The standard InChI is InChI=1S/C16H19FN2O2/c1-4-18-10-12-7-8-19-16(15(12)17)21-13-6-5-11(2)9-14(13)20-3/h5-9,18H,4,10H2,1-3H3. The Balaban J connectivity index is 2.27. The maximum Gasteiger partial charge on any atom is 0.256 e. The van der Waals surface area contributed by atoms with Gasteiger partial charge < -0.3 is 14.8 Å². The topological polar surface area (TPSA) is 43.4 Å². The molecule has 0 aliphatic carbocycles. The first-order valence-electron chi connectivity index (χ1n) is 6.82. The lowest BCUT2D eigenvalue weighted by Gasteiger charge is -2.12. The number of aryl methyl sites for hydroxylation is 1. The molecule has 0 bridgehead atoms. The van der Waals surface area contributed by atoms with Gasteiger partial charge in [-0.1, -0.05) is 13.0 Å². The molecule has 1 aromatic carbocycles. The zero-order valence-electron chi connectivity index (χ0n) is 12.4. The van der Waals surface area contributed by atoms with Gasteiger partial charge in [-0.25, -0.2) is 9.37 Å². The van der Waals surface area contributed by atoms with E-state index < -0.39 is 5.82 Å². The smallest absolute Gasteiger partial charge is 0.256 e. The van der Waals surface area contributed by atoms with Crippen LogP contribution in [0.2, 0.25) is 0 Å². The molecule has 0 spiro atoms. The highest BCUT2D eigenvalue weighted by Crippen LogP contribution is 2.32. The van der Waals surface area contributed by atoms with Crippen LogP contribution in [0.4, 0.5) is 4.39 Å². The predicted molar refractivity (Wildman–Crippen MR) is 79.4 cm³/mol. The molecule has 0 saturated heterocycles. The van der Waals surface area contributed by atoms with E-state index in [1.54, 1.807) is 19.2 Å². The van der Waals surface area contributed by atoms with Crippen LogP contribution >= 0.6 is 0 Å². The molecule has 2 aromatic rings. The van der Waals surface area contributed by atoms with E-state index in [9.17, 15) is 4.39 Å². The van der Waals surface area contributed by atoms with Gasteiger partial charge in [-0.2, -0.15) is 0 Å². The first-order chi connectivity index (χ1) is 10.2. The Hall–Kier alpha value is -2.14. The average Bonchev–Trinajstić information content (AvgIpc) is 2.49. The lowest BCUT2D eigenvalue weighted by atomic mass is 10.2.